The number of nitrogens with zero attached hydrogens (tertiary/aromatic N) is 2. The molecule has 2 amide bonds. The molecule has 2 aliphatic heterocycles. The van der Waals surface area contributed by atoms with Crippen molar-refractivity contribution in [2.75, 3.05) is 20.2 Å². The summed E-state index contributed by atoms with van der Waals surface area (Å²) >= 11 is 0. The Kier molecular flexibility index (Phi) is 4.88. The Hall–Kier alpha value is -2.04. The van der Waals surface area contributed by atoms with Crippen LogP contribution in [0, 0.1) is 5.92 Å². The van der Waals surface area contributed by atoms with E-state index in [1.54, 1.807) is 7.11 Å². The lowest BCUT2D eigenvalue weighted by molar-refractivity contribution is -0.138. The highest BCUT2D eigenvalue weighted by molar-refractivity contribution is 5.89. The van der Waals surface area contributed by atoms with Gasteiger partial charge in [0.15, 0.2) is 0 Å². The lowest BCUT2D eigenvalue weighted by atomic mass is 9.98. The lowest BCUT2D eigenvalue weighted by Gasteiger charge is -2.32. The van der Waals surface area contributed by atoms with Crippen molar-refractivity contribution in [3.8, 4) is 5.75 Å². The van der Waals surface area contributed by atoms with E-state index in [9.17, 15) is 9.59 Å². The van der Waals surface area contributed by atoms with Gasteiger partial charge in [-0.3, -0.25) is 9.59 Å². The number of amides is 2. The molecule has 0 bridgehead atoms. The van der Waals surface area contributed by atoms with Crippen molar-refractivity contribution in [2.24, 2.45) is 5.92 Å². The van der Waals surface area contributed by atoms with Gasteiger partial charge in [-0.05, 0) is 43.4 Å². The maximum atomic E-state index is 13.3. The highest BCUT2D eigenvalue weighted by Crippen LogP contribution is 2.36. The molecule has 1 saturated carbocycles. The summed E-state index contributed by atoms with van der Waals surface area (Å²) in [5, 5.41) is 0. The molecule has 1 aromatic rings. The molecule has 0 aromatic heterocycles. The third kappa shape index (κ3) is 3.44. The second-order valence-corrected chi connectivity index (χ2v) is 7.85. The van der Waals surface area contributed by atoms with Crippen LogP contribution < -0.4 is 4.74 Å². The normalized spacial score (nSPS) is 26.7. The van der Waals surface area contributed by atoms with Crippen LogP contribution >= 0.6 is 0 Å². The number of benzene rings is 1. The van der Waals surface area contributed by atoms with Crippen molar-refractivity contribution >= 4 is 11.8 Å². The van der Waals surface area contributed by atoms with Crippen LogP contribution in [0.2, 0.25) is 0 Å². The van der Waals surface area contributed by atoms with Gasteiger partial charge in [0.2, 0.25) is 11.8 Å². The molecule has 0 N–H and O–H groups in total. The van der Waals surface area contributed by atoms with E-state index in [0.29, 0.717) is 19.0 Å². The Morgan fingerprint density at radius 2 is 1.85 bits per heavy atom. The minimum atomic E-state index is -0.165. The third-order valence-electron chi connectivity index (χ3n) is 6.03. The van der Waals surface area contributed by atoms with Crippen molar-refractivity contribution in [3.05, 3.63) is 29.8 Å². The summed E-state index contributed by atoms with van der Waals surface area (Å²) < 4.78 is 5.27. The summed E-state index contributed by atoms with van der Waals surface area (Å²) in [6, 6.07) is 8.60. The highest BCUT2D eigenvalue weighted by Gasteiger charge is 2.43. The SMILES string of the molecule is COc1ccc([C@H]2CCCCCN2C(=O)[C@H]2CC(=O)N(C3CC3)C2)cc1. The van der Waals surface area contributed by atoms with Gasteiger partial charge in [0.25, 0.3) is 0 Å². The number of carbonyl (C=O) groups excluding carboxylic acids is 2. The van der Waals surface area contributed by atoms with E-state index in [1.165, 1.54) is 5.56 Å². The highest BCUT2D eigenvalue weighted by atomic mass is 16.5. The van der Waals surface area contributed by atoms with Gasteiger partial charge in [-0.1, -0.05) is 25.0 Å². The molecular formula is C21H28N2O3. The van der Waals surface area contributed by atoms with Gasteiger partial charge in [-0.2, -0.15) is 0 Å². The summed E-state index contributed by atoms with van der Waals surface area (Å²) in [4.78, 5) is 29.6. The number of ether oxygens (including phenoxy) is 1. The van der Waals surface area contributed by atoms with Crippen molar-refractivity contribution in [1.82, 2.24) is 9.80 Å². The zero-order valence-electron chi connectivity index (χ0n) is 15.5. The van der Waals surface area contributed by atoms with Crippen LogP contribution in [0.4, 0.5) is 0 Å². The van der Waals surface area contributed by atoms with Crippen LogP contribution in [0.25, 0.3) is 0 Å². The Bertz CT molecular complexity index is 668. The van der Waals surface area contributed by atoms with Crippen molar-refractivity contribution in [1.29, 1.82) is 0 Å². The summed E-state index contributed by atoms with van der Waals surface area (Å²) in [5.74, 6) is 1.01. The minimum Gasteiger partial charge on any atom is -0.497 e. The first-order chi connectivity index (χ1) is 12.7. The molecule has 0 radical (unpaired) electrons. The molecule has 2 atom stereocenters. The standard InChI is InChI=1S/C21H28N2O3/c1-26-18-10-6-15(7-11-18)19-5-3-2-4-12-22(19)21(25)16-13-20(24)23(14-16)17-8-9-17/h6-7,10-11,16-17,19H,2-5,8-9,12-14H2,1H3/t16-,19+/m0/s1. The number of hydrogen-bond donors (Lipinski definition) is 0. The molecule has 4 rings (SSSR count). The Labute approximate surface area is 155 Å². The van der Waals surface area contributed by atoms with Crippen LogP contribution in [-0.2, 0) is 9.59 Å². The molecule has 5 nitrogen and oxygen atoms in total. The molecule has 3 aliphatic rings. The number of methoxy groups -OCH3 is 1. The smallest absolute Gasteiger partial charge is 0.228 e. The molecule has 0 spiro atoms. The fourth-order valence-corrected chi connectivity index (χ4v) is 4.42. The number of likely N-dealkylation sites (tertiary alicyclic amines) is 2. The first-order valence-corrected chi connectivity index (χ1v) is 9.91. The van der Waals surface area contributed by atoms with Gasteiger partial charge in [-0.25, -0.2) is 0 Å². The first-order valence-electron chi connectivity index (χ1n) is 9.91. The molecule has 1 aromatic carbocycles. The van der Waals surface area contributed by atoms with Gasteiger partial charge in [-0.15, -0.1) is 0 Å². The quantitative estimate of drug-likeness (QED) is 0.833. The van der Waals surface area contributed by atoms with Crippen LogP contribution in [-0.4, -0.2) is 47.9 Å². The average Bonchev–Trinajstić information content (AvgIpc) is 3.47. The fourth-order valence-electron chi connectivity index (χ4n) is 4.42. The Morgan fingerprint density at radius 3 is 2.54 bits per heavy atom. The largest absolute Gasteiger partial charge is 0.497 e. The first kappa shape index (κ1) is 17.4. The average molecular weight is 356 g/mol. The van der Waals surface area contributed by atoms with E-state index in [1.807, 2.05) is 17.0 Å². The van der Waals surface area contributed by atoms with Crippen LogP contribution in [0.1, 0.15) is 56.6 Å². The number of carbonyl (C=O) groups is 2. The predicted molar refractivity (Wildman–Crippen MR) is 98.8 cm³/mol. The molecule has 26 heavy (non-hydrogen) atoms. The van der Waals surface area contributed by atoms with E-state index < -0.39 is 0 Å². The fraction of sp³-hybridized carbons (Fsp3) is 0.619. The topological polar surface area (TPSA) is 49.9 Å². The zero-order chi connectivity index (χ0) is 18.1. The molecule has 0 unspecified atom stereocenters. The van der Waals surface area contributed by atoms with Gasteiger partial charge in [0.1, 0.15) is 5.75 Å². The van der Waals surface area contributed by atoms with Crippen LogP contribution in [0.5, 0.6) is 5.75 Å². The van der Waals surface area contributed by atoms with E-state index in [0.717, 1.165) is 50.8 Å². The summed E-state index contributed by atoms with van der Waals surface area (Å²) in [7, 11) is 1.67. The zero-order valence-corrected chi connectivity index (χ0v) is 15.5. The maximum absolute atomic E-state index is 13.3. The second-order valence-electron chi connectivity index (χ2n) is 7.85. The Balaban J connectivity index is 1.52. The molecule has 140 valence electrons. The van der Waals surface area contributed by atoms with E-state index >= 15 is 0 Å². The lowest BCUT2D eigenvalue weighted by Crippen LogP contribution is -2.40. The van der Waals surface area contributed by atoms with Gasteiger partial charge >= 0.3 is 0 Å². The van der Waals surface area contributed by atoms with E-state index in [-0.39, 0.29) is 23.8 Å². The van der Waals surface area contributed by atoms with Gasteiger partial charge in [0.05, 0.1) is 19.1 Å². The summed E-state index contributed by atoms with van der Waals surface area (Å²) in [6.07, 6.45) is 6.93. The van der Waals surface area contributed by atoms with E-state index in [4.69, 9.17) is 4.74 Å². The van der Waals surface area contributed by atoms with E-state index in [2.05, 4.69) is 17.0 Å². The molecule has 2 saturated heterocycles. The maximum Gasteiger partial charge on any atom is 0.228 e. The Morgan fingerprint density at radius 1 is 1.08 bits per heavy atom. The summed E-state index contributed by atoms with van der Waals surface area (Å²) in [5.41, 5.74) is 1.17. The van der Waals surface area contributed by atoms with Crippen LogP contribution in [0.3, 0.4) is 0 Å². The molecule has 3 fully saturated rings. The molecule has 2 heterocycles. The van der Waals surface area contributed by atoms with Crippen molar-refractivity contribution in [3.63, 3.8) is 0 Å². The molecule has 5 heteroatoms. The van der Waals surface area contributed by atoms with Crippen molar-refractivity contribution < 1.29 is 14.3 Å². The predicted octanol–water partition coefficient (Wildman–Crippen LogP) is 3.15. The third-order valence-corrected chi connectivity index (χ3v) is 6.03. The number of rotatable bonds is 4. The van der Waals surface area contributed by atoms with Crippen LogP contribution in [0.15, 0.2) is 24.3 Å². The number of hydrogen-bond acceptors (Lipinski definition) is 3. The monoisotopic (exact) mass is 356 g/mol. The van der Waals surface area contributed by atoms with Gasteiger partial charge < -0.3 is 14.5 Å². The second kappa shape index (κ2) is 7.29. The van der Waals surface area contributed by atoms with Gasteiger partial charge in [0, 0.05) is 25.6 Å². The molecular weight excluding hydrogens is 328 g/mol. The van der Waals surface area contributed by atoms with Crippen molar-refractivity contribution in [2.45, 2.75) is 57.0 Å². The summed E-state index contributed by atoms with van der Waals surface area (Å²) in [6.45, 7) is 1.41. The minimum absolute atomic E-state index is 0.112. The molecule has 1 aliphatic carbocycles.